The van der Waals surface area contributed by atoms with Crippen molar-refractivity contribution in [2.45, 2.75) is 19.1 Å². The maximum atomic E-state index is 12.8. The van der Waals surface area contributed by atoms with Crippen molar-refractivity contribution in [1.29, 1.82) is 0 Å². The van der Waals surface area contributed by atoms with Crippen molar-refractivity contribution < 1.29 is 23.8 Å². The molecule has 5 rings (SSSR count). The van der Waals surface area contributed by atoms with Crippen molar-refractivity contribution in [2.75, 3.05) is 10.6 Å². The first-order valence-electron chi connectivity index (χ1n) is 9.54. The molecule has 3 aromatic carbocycles. The number of carbonyl (C=O) groups excluding carboxylic acids is 2. The molecule has 0 saturated heterocycles. The second-order valence-corrected chi connectivity index (χ2v) is 7.06. The number of rotatable bonds is 2. The first-order chi connectivity index (χ1) is 14.6. The van der Waals surface area contributed by atoms with Crippen molar-refractivity contribution in [3.8, 4) is 23.0 Å². The van der Waals surface area contributed by atoms with Crippen LogP contribution in [-0.4, -0.2) is 24.0 Å². The van der Waals surface area contributed by atoms with Gasteiger partial charge in [0, 0.05) is 5.69 Å². The number of ether oxygens (including phenoxy) is 3. The van der Waals surface area contributed by atoms with Crippen molar-refractivity contribution in [3.63, 3.8) is 0 Å². The van der Waals surface area contributed by atoms with Crippen LogP contribution in [0.4, 0.5) is 11.4 Å². The summed E-state index contributed by atoms with van der Waals surface area (Å²) in [4.78, 5) is 25.5. The van der Waals surface area contributed by atoms with Gasteiger partial charge in [-0.3, -0.25) is 9.59 Å². The molecule has 0 spiro atoms. The molecule has 2 unspecified atom stereocenters. The number of anilines is 2. The molecule has 0 saturated carbocycles. The van der Waals surface area contributed by atoms with Crippen molar-refractivity contribution >= 4 is 23.2 Å². The molecule has 0 radical (unpaired) electrons. The van der Waals surface area contributed by atoms with Crippen LogP contribution in [0.1, 0.15) is 17.3 Å². The zero-order valence-electron chi connectivity index (χ0n) is 16.0. The fourth-order valence-corrected chi connectivity index (χ4v) is 3.46. The minimum absolute atomic E-state index is 0.314. The Morgan fingerprint density at radius 3 is 2.40 bits per heavy atom. The van der Waals surface area contributed by atoms with E-state index in [1.54, 1.807) is 49.4 Å². The number of para-hydroxylation sites is 4. The average molecular weight is 402 g/mol. The Bertz CT molecular complexity index is 1160. The standard InChI is InChI=1S/C23H18N2O5/c1-13-21(30-20-9-5-4-8-19(20)28-13)23(27)24-14-10-11-17-15(12-14)22(26)25-16-6-2-3-7-18(16)29-17/h2-13,21H,1H3,(H,24,27)(H,25,26). The highest BCUT2D eigenvalue weighted by Gasteiger charge is 2.34. The first kappa shape index (κ1) is 18.1. The molecular weight excluding hydrogens is 384 g/mol. The highest BCUT2D eigenvalue weighted by molar-refractivity contribution is 6.09. The van der Waals surface area contributed by atoms with E-state index in [2.05, 4.69) is 10.6 Å². The maximum absolute atomic E-state index is 12.8. The summed E-state index contributed by atoms with van der Waals surface area (Å²) >= 11 is 0. The van der Waals surface area contributed by atoms with Gasteiger partial charge in [-0.2, -0.15) is 0 Å². The van der Waals surface area contributed by atoms with Gasteiger partial charge in [-0.05, 0) is 49.4 Å². The van der Waals surface area contributed by atoms with Gasteiger partial charge in [0.05, 0.1) is 11.3 Å². The highest BCUT2D eigenvalue weighted by atomic mass is 16.6. The molecule has 7 nitrogen and oxygen atoms in total. The predicted octanol–water partition coefficient (Wildman–Crippen LogP) is 4.21. The van der Waals surface area contributed by atoms with Gasteiger partial charge in [-0.1, -0.05) is 24.3 Å². The molecule has 0 aliphatic carbocycles. The zero-order valence-corrected chi connectivity index (χ0v) is 16.0. The van der Waals surface area contributed by atoms with Gasteiger partial charge in [-0.25, -0.2) is 0 Å². The molecule has 2 heterocycles. The van der Waals surface area contributed by atoms with Crippen LogP contribution >= 0.6 is 0 Å². The van der Waals surface area contributed by atoms with E-state index in [1.807, 2.05) is 24.3 Å². The quantitative estimate of drug-likeness (QED) is 0.671. The highest BCUT2D eigenvalue weighted by Crippen LogP contribution is 2.37. The molecule has 0 aromatic heterocycles. The Morgan fingerprint density at radius 2 is 1.60 bits per heavy atom. The van der Waals surface area contributed by atoms with E-state index in [4.69, 9.17) is 14.2 Å². The molecule has 0 fully saturated rings. The number of hydrogen-bond donors (Lipinski definition) is 2. The van der Waals surface area contributed by atoms with E-state index >= 15 is 0 Å². The first-order valence-corrected chi connectivity index (χ1v) is 9.54. The van der Waals surface area contributed by atoms with Gasteiger partial charge >= 0.3 is 0 Å². The Balaban J connectivity index is 1.37. The summed E-state index contributed by atoms with van der Waals surface area (Å²) in [5.74, 6) is 1.41. The second-order valence-electron chi connectivity index (χ2n) is 7.06. The lowest BCUT2D eigenvalue weighted by molar-refractivity contribution is -0.128. The van der Waals surface area contributed by atoms with Gasteiger partial charge < -0.3 is 24.8 Å². The predicted molar refractivity (Wildman–Crippen MR) is 110 cm³/mol. The van der Waals surface area contributed by atoms with Crippen molar-refractivity contribution in [3.05, 3.63) is 72.3 Å². The Morgan fingerprint density at radius 1 is 0.900 bits per heavy atom. The number of fused-ring (bicyclic) bond motifs is 3. The largest absolute Gasteiger partial charge is 0.482 e. The van der Waals surface area contributed by atoms with Crippen LogP contribution in [0, 0.1) is 0 Å². The summed E-state index contributed by atoms with van der Waals surface area (Å²) in [5.41, 5.74) is 1.37. The van der Waals surface area contributed by atoms with Crippen molar-refractivity contribution in [2.24, 2.45) is 0 Å². The maximum Gasteiger partial charge on any atom is 0.269 e. The van der Waals surface area contributed by atoms with Gasteiger partial charge in [0.2, 0.25) is 6.10 Å². The fourth-order valence-electron chi connectivity index (χ4n) is 3.46. The molecule has 2 amide bonds. The van der Waals surface area contributed by atoms with E-state index in [9.17, 15) is 9.59 Å². The van der Waals surface area contributed by atoms with Crippen LogP contribution in [0.25, 0.3) is 0 Å². The van der Waals surface area contributed by atoms with E-state index in [0.717, 1.165) is 0 Å². The molecule has 2 aliphatic rings. The van der Waals surface area contributed by atoms with Crippen LogP contribution in [0.2, 0.25) is 0 Å². The lowest BCUT2D eigenvalue weighted by atomic mass is 10.1. The Kier molecular flexibility index (Phi) is 4.28. The lowest BCUT2D eigenvalue weighted by Crippen LogP contribution is -2.46. The van der Waals surface area contributed by atoms with Crippen molar-refractivity contribution in [1.82, 2.24) is 0 Å². The normalized spacial score (nSPS) is 18.8. The van der Waals surface area contributed by atoms with E-state index in [1.165, 1.54) is 0 Å². The summed E-state index contributed by atoms with van der Waals surface area (Å²) in [7, 11) is 0. The smallest absolute Gasteiger partial charge is 0.269 e. The Labute approximate surface area is 172 Å². The lowest BCUT2D eigenvalue weighted by Gasteiger charge is -2.31. The summed E-state index contributed by atoms with van der Waals surface area (Å²) < 4.78 is 17.5. The molecule has 2 atom stereocenters. The molecule has 7 heteroatoms. The molecule has 150 valence electrons. The van der Waals surface area contributed by atoms with Gasteiger partial charge in [0.1, 0.15) is 11.9 Å². The number of carbonyl (C=O) groups is 2. The van der Waals surface area contributed by atoms with Crippen LogP contribution in [-0.2, 0) is 4.79 Å². The fraction of sp³-hybridized carbons (Fsp3) is 0.130. The van der Waals surface area contributed by atoms with E-state index < -0.39 is 12.2 Å². The average Bonchev–Trinajstić information content (AvgIpc) is 2.89. The molecule has 0 bridgehead atoms. The number of benzene rings is 3. The number of nitrogens with one attached hydrogen (secondary N) is 2. The van der Waals surface area contributed by atoms with Gasteiger partial charge in [-0.15, -0.1) is 0 Å². The SMILES string of the molecule is CC1Oc2ccccc2OC1C(=O)Nc1ccc2c(c1)C(=O)Nc1ccccc1O2. The molecule has 2 aliphatic heterocycles. The topological polar surface area (TPSA) is 85.9 Å². The second kappa shape index (κ2) is 7.11. The van der Waals surface area contributed by atoms with Crippen LogP contribution < -0.4 is 24.8 Å². The van der Waals surface area contributed by atoms with Crippen LogP contribution in [0.3, 0.4) is 0 Å². The minimum atomic E-state index is -0.826. The Hall–Kier alpha value is -4.00. The van der Waals surface area contributed by atoms with E-state index in [0.29, 0.717) is 39.9 Å². The number of hydrogen-bond acceptors (Lipinski definition) is 5. The van der Waals surface area contributed by atoms with Gasteiger partial charge in [0.15, 0.2) is 17.2 Å². The summed E-state index contributed by atoms with van der Waals surface area (Å²) in [5, 5.41) is 5.62. The summed E-state index contributed by atoms with van der Waals surface area (Å²) in [6.45, 7) is 1.77. The molecular formula is C23H18N2O5. The minimum Gasteiger partial charge on any atom is -0.482 e. The summed E-state index contributed by atoms with van der Waals surface area (Å²) in [6.07, 6.45) is -1.30. The van der Waals surface area contributed by atoms with Gasteiger partial charge in [0.25, 0.3) is 11.8 Å². The monoisotopic (exact) mass is 402 g/mol. The third-order valence-electron chi connectivity index (χ3n) is 4.95. The van der Waals surface area contributed by atoms with Crippen LogP contribution in [0.15, 0.2) is 66.7 Å². The molecule has 2 N–H and O–H groups in total. The van der Waals surface area contributed by atoms with E-state index in [-0.39, 0.29) is 11.8 Å². The number of amides is 2. The third kappa shape index (κ3) is 3.20. The molecule has 3 aromatic rings. The summed E-state index contributed by atoms with van der Waals surface area (Å²) in [6, 6.07) is 19.3. The van der Waals surface area contributed by atoms with Crippen LogP contribution in [0.5, 0.6) is 23.0 Å². The third-order valence-corrected chi connectivity index (χ3v) is 4.95. The molecule has 30 heavy (non-hydrogen) atoms. The zero-order chi connectivity index (χ0) is 20.7.